The fourth-order valence-corrected chi connectivity index (χ4v) is 2.46. The van der Waals surface area contributed by atoms with Gasteiger partial charge in [0.1, 0.15) is 12.3 Å². The number of rotatable bonds is 4. The van der Waals surface area contributed by atoms with Crippen molar-refractivity contribution in [3.8, 4) is 17.0 Å². The second kappa shape index (κ2) is 6.08. The Hall–Kier alpha value is -3.68. The molecule has 3 aromatic heterocycles. The lowest BCUT2D eigenvalue weighted by Gasteiger charge is -2.09. The van der Waals surface area contributed by atoms with Crippen molar-refractivity contribution < 1.29 is 4.74 Å². The standard InChI is InChI=1S/C17H13N5O3/c23-16-12(9-19-17(24)20-16)13-8-14(15-18-6-7-22(15)21-13)25-10-11-4-2-1-3-5-11/h1-9H,10H2,(H2,19,20,23,24). The fraction of sp³-hybridized carbons (Fsp3) is 0.0588. The van der Waals surface area contributed by atoms with Gasteiger partial charge in [-0.2, -0.15) is 5.10 Å². The number of hydrogen-bond acceptors (Lipinski definition) is 5. The van der Waals surface area contributed by atoms with E-state index in [1.807, 2.05) is 30.3 Å². The number of hydrogen-bond donors (Lipinski definition) is 2. The number of ether oxygens (including phenoxy) is 1. The summed E-state index contributed by atoms with van der Waals surface area (Å²) in [5.41, 5.74) is 1.06. The average molecular weight is 335 g/mol. The monoisotopic (exact) mass is 335 g/mol. The number of nitrogens with zero attached hydrogens (tertiary/aromatic N) is 3. The van der Waals surface area contributed by atoms with E-state index in [2.05, 4.69) is 20.1 Å². The minimum absolute atomic E-state index is 0.236. The van der Waals surface area contributed by atoms with Crippen LogP contribution in [0.2, 0.25) is 0 Å². The van der Waals surface area contributed by atoms with Crippen LogP contribution in [0.4, 0.5) is 0 Å². The molecule has 0 fully saturated rings. The first-order valence-corrected chi connectivity index (χ1v) is 7.54. The quantitative estimate of drug-likeness (QED) is 0.586. The molecular formula is C17H13N5O3. The molecular weight excluding hydrogens is 322 g/mol. The van der Waals surface area contributed by atoms with E-state index in [0.717, 1.165) is 5.56 Å². The molecule has 0 aliphatic rings. The van der Waals surface area contributed by atoms with Crippen LogP contribution in [-0.4, -0.2) is 24.6 Å². The normalized spacial score (nSPS) is 10.9. The van der Waals surface area contributed by atoms with E-state index in [4.69, 9.17) is 4.74 Å². The molecule has 2 N–H and O–H groups in total. The Labute approximate surface area is 140 Å². The van der Waals surface area contributed by atoms with Gasteiger partial charge in [0.15, 0.2) is 11.4 Å². The maximum absolute atomic E-state index is 12.0. The predicted molar refractivity (Wildman–Crippen MR) is 90.4 cm³/mol. The first-order valence-electron chi connectivity index (χ1n) is 7.54. The highest BCUT2D eigenvalue weighted by Crippen LogP contribution is 2.23. The van der Waals surface area contributed by atoms with Gasteiger partial charge in [-0.1, -0.05) is 30.3 Å². The molecule has 0 saturated heterocycles. The molecule has 4 aromatic rings. The highest BCUT2D eigenvalue weighted by Gasteiger charge is 2.13. The van der Waals surface area contributed by atoms with Crippen molar-refractivity contribution in [3.63, 3.8) is 0 Å². The van der Waals surface area contributed by atoms with Crippen LogP contribution in [0.25, 0.3) is 16.9 Å². The fourth-order valence-electron chi connectivity index (χ4n) is 2.46. The highest BCUT2D eigenvalue weighted by molar-refractivity contribution is 5.64. The molecule has 8 heteroatoms. The van der Waals surface area contributed by atoms with E-state index < -0.39 is 11.2 Å². The van der Waals surface area contributed by atoms with Crippen LogP contribution in [0.1, 0.15) is 5.56 Å². The molecule has 0 aliphatic heterocycles. The third-order valence-corrected chi connectivity index (χ3v) is 3.66. The lowest BCUT2D eigenvalue weighted by Crippen LogP contribution is -2.23. The second-order valence-electron chi connectivity index (χ2n) is 5.35. The zero-order chi connectivity index (χ0) is 17.2. The molecule has 0 unspecified atom stereocenters. The Morgan fingerprint density at radius 3 is 2.80 bits per heavy atom. The smallest absolute Gasteiger partial charge is 0.325 e. The molecule has 0 spiro atoms. The van der Waals surface area contributed by atoms with Crippen LogP contribution in [0.3, 0.4) is 0 Å². The van der Waals surface area contributed by atoms with E-state index >= 15 is 0 Å². The molecule has 8 nitrogen and oxygen atoms in total. The summed E-state index contributed by atoms with van der Waals surface area (Å²) in [6, 6.07) is 11.3. The number of benzene rings is 1. The number of nitrogens with one attached hydrogen (secondary N) is 2. The molecule has 0 atom stereocenters. The van der Waals surface area contributed by atoms with Gasteiger partial charge in [0.2, 0.25) is 0 Å². The Bertz CT molecular complexity index is 1140. The van der Waals surface area contributed by atoms with Crippen molar-refractivity contribution in [2.45, 2.75) is 6.61 Å². The number of aromatic nitrogens is 5. The van der Waals surface area contributed by atoms with Gasteiger partial charge in [-0.3, -0.25) is 9.78 Å². The van der Waals surface area contributed by atoms with Crippen molar-refractivity contribution in [2.24, 2.45) is 0 Å². The number of H-pyrrole nitrogens is 2. The Morgan fingerprint density at radius 2 is 2.00 bits per heavy atom. The molecule has 3 heterocycles. The third-order valence-electron chi connectivity index (χ3n) is 3.66. The van der Waals surface area contributed by atoms with Crippen LogP contribution in [0, 0.1) is 0 Å². The molecule has 4 rings (SSSR count). The SMILES string of the molecule is O=c1[nH]cc(-c2cc(OCc3ccccc3)c3nccn3n2)c(=O)[nH]1. The maximum atomic E-state index is 12.0. The number of imidazole rings is 1. The van der Waals surface area contributed by atoms with Gasteiger partial charge in [-0.05, 0) is 5.56 Å². The van der Waals surface area contributed by atoms with Gasteiger partial charge in [0.25, 0.3) is 5.56 Å². The van der Waals surface area contributed by atoms with E-state index in [-0.39, 0.29) is 5.56 Å². The van der Waals surface area contributed by atoms with Crippen molar-refractivity contribution in [3.05, 3.63) is 81.4 Å². The van der Waals surface area contributed by atoms with Gasteiger partial charge >= 0.3 is 5.69 Å². The number of aromatic amines is 2. The molecule has 124 valence electrons. The summed E-state index contributed by atoms with van der Waals surface area (Å²) >= 11 is 0. The van der Waals surface area contributed by atoms with E-state index in [9.17, 15) is 9.59 Å². The molecule has 0 saturated carbocycles. The van der Waals surface area contributed by atoms with E-state index in [1.165, 1.54) is 10.7 Å². The van der Waals surface area contributed by atoms with Crippen LogP contribution >= 0.6 is 0 Å². The van der Waals surface area contributed by atoms with E-state index in [0.29, 0.717) is 23.7 Å². The predicted octanol–water partition coefficient (Wildman–Crippen LogP) is 1.35. The largest absolute Gasteiger partial charge is 0.485 e. The zero-order valence-electron chi connectivity index (χ0n) is 13.0. The van der Waals surface area contributed by atoms with Crippen molar-refractivity contribution in [1.29, 1.82) is 0 Å². The molecule has 0 aliphatic carbocycles. The lowest BCUT2D eigenvalue weighted by molar-refractivity contribution is 0.307. The van der Waals surface area contributed by atoms with Gasteiger partial charge in [-0.25, -0.2) is 14.3 Å². The summed E-state index contributed by atoms with van der Waals surface area (Å²) in [5, 5.41) is 4.34. The van der Waals surface area contributed by atoms with Crippen LogP contribution in [0.15, 0.2) is 64.6 Å². The van der Waals surface area contributed by atoms with Crippen LogP contribution in [-0.2, 0) is 6.61 Å². The summed E-state index contributed by atoms with van der Waals surface area (Å²) in [5.74, 6) is 0.490. The second-order valence-corrected chi connectivity index (χ2v) is 5.35. The Balaban J connectivity index is 1.77. The summed E-state index contributed by atoms with van der Waals surface area (Å²) in [4.78, 5) is 32.1. The summed E-state index contributed by atoms with van der Waals surface area (Å²) < 4.78 is 7.41. The summed E-state index contributed by atoms with van der Waals surface area (Å²) in [6.07, 6.45) is 4.58. The first-order chi connectivity index (χ1) is 12.2. The maximum Gasteiger partial charge on any atom is 0.325 e. The highest BCUT2D eigenvalue weighted by atomic mass is 16.5. The van der Waals surface area contributed by atoms with Crippen LogP contribution < -0.4 is 16.0 Å². The van der Waals surface area contributed by atoms with Crippen molar-refractivity contribution in [1.82, 2.24) is 24.6 Å². The zero-order valence-corrected chi connectivity index (χ0v) is 13.0. The molecule has 1 aromatic carbocycles. The topological polar surface area (TPSA) is 105 Å². The molecule has 0 radical (unpaired) electrons. The van der Waals surface area contributed by atoms with Crippen molar-refractivity contribution >= 4 is 5.65 Å². The summed E-state index contributed by atoms with van der Waals surface area (Å²) in [7, 11) is 0. The molecule has 0 bridgehead atoms. The van der Waals surface area contributed by atoms with Crippen LogP contribution in [0.5, 0.6) is 5.75 Å². The lowest BCUT2D eigenvalue weighted by atomic mass is 10.2. The molecule has 0 amide bonds. The van der Waals surface area contributed by atoms with Crippen molar-refractivity contribution in [2.75, 3.05) is 0 Å². The number of fused-ring (bicyclic) bond motifs is 1. The third kappa shape index (κ3) is 2.92. The first kappa shape index (κ1) is 14.9. The minimum Gasteiger partial charge on any atom is -0.485 e. The van der Waals surface area contributed by atoms with Gasteiger partial charge in [-0.15, -0.1) is 0 Å². The van der Waals surface area contributed by atoms with E-state index in [1.54, 1.807) is 18.5 Å². The van der Waals surface area contributed by atoms with Gasteiger partial charge in [0, 0.05) is 24.7 Å². The average Bonchev–Trinajstić information content (AvgIpc) is 3.09. The minimum atomic E-state index is -0.571. The molecule has 25 heavy (non-hydrogen) atoms. The Morgan fingerprint density at radius 1 is 1.16 bits per heavy atom. The summed E-state index contributed by atoms with van der Waals surface area (Å²) in [6.45, 7) is 0.356. The van der Waals surface area contributed by atoms with Gasteiger partial charge in [0.05, 0.1) is 5.56 Å². The van der Waals surface area contributed by atoms with Gasteiger partial charge < -0.3 is 9.72 Å². The Kier molecular flexibility index (Phi) is 3.62.